The number of anilines is 1. The molecule has 0 bridgehead atoms. The van der Waals surface area contributed by atoms with Gasteiger partial charge in [0, 0.05) is 18.3 Å². The third-order valence-corrected chi connectivity index (χ3v) is 6.11. The summed E-state index contributed by atoms with van der Waals surface area (Å²) >= 11 is 1.35. The van der Waals surface area contributed by atoms with E-state index in [2.05, 4.69) is 10.6 Å². The van der Waals surface area contributed by atoms with E-state index >= 15 is 0 Å². The number of carbonyl (C=O) groups is 2. The summed E-state index contributed by atoms with van der Waals surface area (Å²) in [5, 5.41) is 5.67. The molecular weight excluding hydrogens is 382 g/mol. The standard InChI is InChI=1S/C20H31N3O2S.ClH/c1-14-8-10-17(11-9-14)22-19(24)13-26-15(2)20(25)23-18(12-21)16-6-4-3-5-7-16;/h8-11,15-16,18H,3-7,12-13,21H2,1-2H3,(H,22,24)(H,23,25);1H. The minimum Gasteiger partial charge on any atom is -0.351 e. The lowest BCUT2D eigenvalue weighted by Gasteiger charge is -2.30. The summed E-state index contributed by atoms with van der Waals surface area (Å²) in [6.07, 6.45) is 6.01. The fraction of sp³-hybridized carbons (Fsp3) is 0.600. The van der Waals surface area contributed by atoms with Crippen molar-refractivity contribution in [3.05, 3.63) is 29.8 Å². The molecule has 0 heterocycles. The summed E-state index contributed by atoms with van der Waals surface area (Å²) in [7, 11) is 0. The summed E-state index contributed by atoms with van der Waals surface area (Å²) in [4.78, 5) is 24.5. The summed E-state index contributed by atoms with van der Waals surface area (Å²) < 4.78 is 0. The Labute approximate surface area is 173 Å². The first-order valence-corrected chi connectivity index (χ1v) is 10.5. The Morgan fingerprint density at radius 3 is 2.41 bits per heavy atom. The molecule has 2 atom stereocenters. The van der Waals surface area contributed by atoms with Gasteiger partial charge in [-0.2, -0.15) is 0 Å². The summed E-state index contributed by atoms with van der Waals surface area (Å²) in [6.45, 7) is 4.32. The Morgan fingerprint density at radius 2 is 1.81 bits per heavy atom. The number of hydrogen-bond acceptors (Lipinski definition) is 4. The van der Waals surface area contributed by atoms with Crippen molar-refractivity contribution < 1.29 is 9.59 Å². The van der Waals surface area contributed by atoms with Crippen LogP contribution in [0.3, 0.4) is 0 Å². The van der Waals surface area contributed by atoms with Crippen LogP contribution in [0.4, 0.5) is 5.69 Å². The van der Waals surface area contributed by atoms with Gasteiger partial charge in [-0.1, -0.05) is 37.0 Å². The zero-order chi connectivity index (χ0) is 18.9. The second-order valence-electron chi connectivity index (χ2n) is 7.12. The maximum Gasteiger partial charge on any atom is 0.234 e. The van der Waals surface area contributed by atoms with Gasteiger partial charge in [-0.05, 0) is 44.7 Å². The van der Waals surface area contributed by atoms with Gasteiger partial charge in [0.05, 0.1) is 11.0 Å². The number of amides is 2. The number of halogens is 1. The number of hydrogen-bond donors (Lipinski definition) is 3. The van der Waals surface area contributed by atoms with Crippen LogP contribution in [0.25, 0.3) is 0 Å². The van der Waals surface area contributed by atoms with Gasteiger partial charge in [0.1, 0.15) is 0 Å². The van der Waals surface area contributed by atoms with Gasteiger partial charge in [0.2, 0.25) is 11.8 Å². The van der Waals surface area contributed by atoms with Crippen molar-refractivity contribution in [3.63, 3.8) is 0 Å². The van der Waals surface area contributed by atoms with Crippen molar-refractivity contribution in [3.8, 4) is 0 Å². The van der Waals surface area contributed by atoms with Crippen molar-refractivity contribution in [2.45, 2.75) is 57.2 Å². The monoisotopic (exact) mass is 413 g/mol. The molecule has 4 N–H and O–H groups in total. The highest BCUT2D eigenvalue weighted by Crippen LogP contribution is 2.26. The van der Waals surface area contributed by atoms with Crippen molar-refractivity contribution in [2.24, 2.45) is 11.7 Å². The van der Waals surface area contributed by atoms with Crippen LogP contribution < -0.4 is 16.4 Å². The van der Waals surface area contributed by atoms with Crippen LogP contribution in [-0.2, 0) is 9.59 Å². The average molecular weight is 414 g/mol. The lowest BCUT2D eigenvalue weighted by Crippen LogP contribution is -2.48. The smallest absolute Gasteiger partial charge is 0.234 e. The molecule has 0 aliphatic heterocycles. The van der Waals surface area contributed by atoms with Gasteiger partial charge in [0.15, 0.2) is 0 Å². The zero-order valence-corrected chi connectivity index (χ0v) is 17.8. The summed E-state index contributed by atoms with van der Waals surface area (Å²) in [5.74, 6) is 0.610. The topological polar surface area (TPSA) is 84.2 Å². The molecule has 2 amide bonds. The molecule has 0 aromatic heterocycles. The molecule has 27 heavy (non-hydrogen) atoms. The molecule has 1 aliphatic carbocycles. The molecule has 1 saturated carbocycles. The van der Waals surface area contributed by atoms with E-state index in [1.165, 1.54) is 31.0 Å². The van der Waals surface area contributed by atoms with E-state index in [1.807, 2.05) is 38.1 Å². The Balaban J connectivity index is 0.00000364. The first-order chi connectivity index (χ1) is 12.5. The van der Waals surface area contributed by atoms with E-state index in [0.717, 1.165) is 24.1 Å². The van der Waals surface area contributed by atoms with Crippen LogP contribution in [0.1, 0.15) is 44.6 Å². The Morgan fingerprint density at radius 1 is 1.19 bits per heavy atom. The quantitative estimate of drug-likeness (QED) is 0.608. The Bertz CT molecular complexity index is 591. The lowest BCUT2D eigenvalue weighted by molar-refractivity contribution is -0.121. The second kappa shape index (κ2) is 12.3. The molecule has 0 spiro atoms. The predicted octanol–water partition coefficient (Wildman–Crippen LogP) is 3.50. The highest BCUT2D eigenvalue weighted by molar-refractivity contribution is 8.01. The van der Waals surface area contributed by atoms with Crippen LogP contribution in [-0.4, -0.2) is 35.4 Å². The van der Waals surface area contributed by atoms with E-state index in [0.29, 0.717) is 12.5 Å². The van der Waals surface area contributed by atoms with Gasteiger partial charge in [0.25, 0.3) is 0 Å². The predicted molar refractivity (Wildman–Crippen MR) is 117 cm³/mol. The molecule has 1 aromatic carbocycles. The minimum atomic E-state index is -0.281. The molecule has 1 aromatic rings. The summed E-state index contributed by atoms with van der Waals surface area (Å²) in [5.41, 5.74) is 7.81. The number of thioether (sulfide) groups is 1. The van der Waals surface area contributed by atoms with Crippen molar-refractivity contribution in [1.29, 1.82) is 0 Å². The number of aryl methyl sites for hydroxylation is 1. The highest BCUT2D eigenvalue weighted by Gasteiger charge is 2.26. The Hall–Kier alpha value is -1.24. The van der Waals surface area contributed by atoms with Crippen LogP contribution in [0.2, 0.25) is 0 Å². The van der Waals surface area contributed by atoms with Crippen LogP contribution >= 0.6 is 24.2 Å². The van der Waals surface area contributed by atoms with E-state index in [9.17, 15) is 9.59 Å². The normalized spacial score (nSPS) is 16.7. The largest absolute Gasteiger partial charge is 0.351 e. The molecule has 7 heteroatoms. The molecule has 1 fully saturated rings. The van der Waals surface area contributed by atoms with E-state index in [1.54, 1.807) is 0 Å². The van der Waals surface area contributed by atoms with Crippen LogP contribution in [0.5, 0.6) is 0 Å². The number of benzene rings is 1. The molecule has 2 rings (SSSR count). The Kier molecular flexibility index (Phi) is 10.8. The number of nitrogens with two attached hydrogens (primary N) is 1. The molecule has 0 radical (unpaired) electrons. The van der Waals surface area contributed by atoms with E-state index in [-0.39, 0.29) is 41.3 Å². The average Bonchev–Trinajstić information content (AvgIpc) is 2.66. The molecule has 1 aliphatic rings. The zero-order valence-electron chi connectivity index (χ0n) is 16.2. The molecule has 2 unspecified atom stereocenters. The number of rotatable bonds is 8. The maximum absolute atomic E-state index is 12.4. The van der Waals surface area contributed by atoms with E-state index in [4.69, 9.17) is 5.73 Å². The fourth-order valence-corrected chi connectivity index (χ4v) is 4.01. The molecular formula is C20H32ClN3O2S. The fourth-order valence-electron chi connectivity index (χ4n) is 3.32. The van der Waals surface area contributed by atoms with E-state index < -0.39 is 0 Å². The highest BCUT2D eigenvalue weighted by atomic mass is 35.5. The third-order valence-electron chi connectivity index (χ3n) is 4.97. The first kappa shape index (κ1) is 23.8. The van der Waals surface area contributed by atoms with Crippen LogP contribution in [0.15, 0.2) is 24.3 Å². The van der Waals surface area contributed by atoms with Gasteiger partial charge in [-0.25, -0.2) is 0 Å². The van der Waals surface area contributed by atoms with Crippen molar-refractivity contribution in [1.82, 2.24) is 5.32 Å². The minimum absolute atomic E-state index is 0. The number of carbonyl (C=O) groups excluding carboxylic acids is 2. The molecule has 5 nitrogen and oxygen atoms in total. The van der Waals surface area contributed by atoms with Crippen molar-refractivity contribution >= 4 is 41.7 Å². The lowest BCUT2D eigenvalue weighted by atomic mass is 9.84. The molecule has 152 valence electrons. The SMILES string of the molecule is Cc1ccc(NC(=O)CSC(C)C(=O)NC(CN)C2CCCCC2)cc1.Cl. The van der Waals surface area contributed by atoms with Gasteiger partial charge >= 0.3 is 0 Å². The first-order valence-electron chi connectivity index (χ1n) is 9.48. The van der Waals surface area contributed by atoms with Gasteiger partial charge in [-0.3, -0.25) is 9.59 Å². The second-order valence-corrected chi connectivity index (χ2v) is 8.45. The number of nitrogens with one attached hydrogen (secondary N) is 2. The summed E-state index contributed by atoms with van der Waals surface area (Å²) in [6, 6.07) is 7.72. The van der Waals surface area contributed by atoms with Gasteiger partial charge < -0.3 is 16.4 Å². The van der Waals surface area contributed by atoms with Crippen LogP contribution in [0, 0.1) is 12.8 Å². The van der Waals surface area contributed by atoms with Crippen molar-refractivity contribution in [2.75, 3.05) is 17.6 Å². The maximum atomic E-state index is 12.4. The third kappa shape index (κ3) is 8.11. The molecule has 0 saturated heterocycles. The van der Waals surface area contributed by atoms with Gasteiger partial charge in [-0.15, -0.1) is 24.2 Å².